The van der Waals surface area contributed by atoms with E-state index in [0.717, 1.165) is 17.9 Å². The summed E-state index contributed by atoms with van der Waals surface area (Å²) in [7, 11) is 1.88. The van der Waals surface area contributed by atoms with Crippen molar-refractivity contribution >= 4 is 0 Å². The zero-order chi connectivity index (χ0) is 13.0. The number of ether oxygens (including phenoxy) is 1. The highest BCUT2D eigenvalue weighted by molar-refractivity contribution is 5.23. The first-order valence-electron chi connectivity index (χ1n) is 5.79. The third kappa shape index (κ3) is 2.87. The van der Waals surface area contributed by atoms with Crippen LogP contribution in [0.5, 0.6) is 5.75 Å². The SMILES string of the molecule is Cn1cc(CCN)nc1COc1ccccc1F. The quantitative estimate of drug-likeness (QED) is 0.876. The predicted molar refractivity (Wildman–Crippen MR) is 66.7 cm³/mol. The van der Waals surface area contributed by atoms with Gasteiger partial charge in [-0.25, -0.2) is 9.37 Å². The van der Waals surface area contributed by atoms with Crippen molar-refractivity contribution in [1.82, 2.24) is 9.55 Å². The Bertz CT molecular complexity index is 525. The molecule has 2 N–H and O–H groups in total. The van der Waals surface area contributed by atoms with Gasteiger partial charge in [0.25, 0.3) is 0 Å². The monoisotopic (exact) mass is 249 g/mol. The highest BCUT2D eigenvalue weighted by Gasteiger charge is 2.07. The lowest BCUT2D eigenvalue weighted by molar-refractivity contribution is 0.277. The van der Waals surface area contributed by atoms with Crippen LogP contribution < -0.4 is 10.5 Å². The number of para-hydroxylation sites is 1. The van der Waals surface area contributed by atoms with Gasteiger partial charge in [0.2, 0.25) is 0 Å². The fraction of sp³-hybridized carbons (Fsp3) is 0.308. The Labute approximate surface area is 105 Å². The van der Waals surface area contributed by atoms with Crippen LogP contribution in [0.4, 0.5) is 4.39 Å². The summed E-state index contributed by atoms with van der Waals surface area (Å²) in [5.41, 5.74) is 6.40. The van der Waals surface area contributed by atoms with Crippen LogP contribution in [0.15, 0.2) is 30.5 Å². The second-order valence-electron chi connectivity index (χ2n) is 4.02. The van der Waals surface area contributed by atoms with Crippen LogP contribution in [0.3, 0.4) is 0 Å². The number of hydrogen-bond donors (Lipinski definition) is 1. The number of aryl methyl sites for hydroxylation is 1. The van der Waals surface area contributed by atoms with Crippen LogP contribution in [0.1, 0.15) is 11.5 Å². The van der Waals surface area contributed by atoms with Crippen molar-refractivity contribution in [2.45, 2.75) is 13.0 Å². The number of hydrogen-bond acceptors (Lipinski definition) is 3. The van der Waals surface area contributed by atoms with Gasteiger partial charge in [0.1, 0.15) is 12.4 Å². The van der Waals surface area contributed by atoms with Crippen molar-refractivity contribution in [1.29, 1.82) is 0 Å². The Hall–Kier alpha value is -1.88. The zero-order valence-corrected chi connectivity index (χ0v) is 10.3. The maximum absolute atomic E-state index is 13.4. The molecule has 0 unspecified atom stereocenters. The normalized spacial score (nSPS) is 10.6. The third-order valence-electron chi connectivity index (χ3n) is 2.62. The van der Waals surface area contributed by atoms with E-state index in [1.807, 2.05) is 17.8 Å². The van der Waals surface area contributed by atoms with Gasteiger partial charge in [-0.05, 0) is 18.7 Å². The summed E-state index contributed by atoms with van der Waals surface area (Å²) in [6, 6.07) is 6.33. The van der Waals surface area contributed by atoms with E-state index in [-0.39, 0.29) is 18.2 Å². The van der Waals surface area contributed by atoms with Gasteiger partial charge < -0.3 is 15.0 Å². The Morgan fingerprint density at radius 2 is 2.17 bits per heavy atom. The molecule has 5 heteroatoms. The fourth-order valence-electron chi connectivity index (χ4n) is 1.68. The molecule has 96 valence electrons. The van der Waals surface area contributed by atoms with Crippen LogP contribution in [0.25, 0.3) is 0 Å². The largest absolute Gasteiger partial charge is 0.483 e. The molecule has 0 saturated carbocycles. The number of rotatable bonds is 5. The van der Waals surface area contributed by atoms with Crippen molar-refractivity contribution < 1.29 is 9.13 Å². The zero-order valence-electron chi connectivity index (χ0n) is 10.3. The molecule has 0 aliphatic rings. The average molecular weight is 249 g/mol. The molecule has 2 aromatic rings. The second kappa shape index (κ2) is 5.64. The summed E-state index contributed by atoms with van der Waals surface area (Å²) in [5, 5.41) is 0. The predicted octanol–water partition coefficient (Wildman–Crippen LogP) is 1.64. The number of aromatic nitrogens is 2. The molecule has 0 amide bonds. The topological polar surface area (TPSA) is 53.1 Å². The van der Waals surface area contributed by atoms with Crippen molar-refractivity contribution in [2.75, 3.05) is 6.54 Å². The molecule has 0 fully saturated rings. The first kappa shape index (κ1) is 12.6. The molecule has 4 nitrogen and oxygen atoms in total. The van der Waals surface area contributed by atoms with Gasteiger partial charge in [-0.3, -0.25) is 0 Å². The Morgan fingerprint density at radius 1 is 1.39 bits per heavy atom. The second-order valence-corrected chi connectivity index (χ2v) is 4.02. The molecule has 0 bridgehead atoms. The van der Waals surface area contributed by atoms with E-state index in [1.165, 1.54) is 6.07 Å². The maximum Gasteiger partial charge on any atom is 0.165 e. The molecule has 1 aromatic heterocycles. The van der Waals surface area contributed by atoms with Crippen LogP contribution >= 0.6 is 0 Å². The molecule has 0 saturated heterocycles. The Kier molecular flexibility index (Phi) is 3.94. The standard InChI is InChI=1S/C13H16FN3O/c1-17-8-10(6-7-15)16-13(17)9-18-12-5-3-2-4-11(12)14/h2-5,8H,6-7,9,15H2,1H3. The van der Waals surface area contributed by atoms with Crippen molar-refractivity contribution in [3.63, 3.8) is 0 Å². The average Bonchev–Trinajstić information content (AvgIpc) is 2.69. The Morgan fingerprint density at radius 3 is 2.89 bits per heavy atom. The summed E-state index contributed by atoms with van der Waals surface area (Å²) >= 11 is 0. The van der Waals surface area contributed by atoms with Crippen LogP contribution in [-0.2, 0) is 20.1 Å². The molecule has 0 spiro atoms. The number of imidazole rings is 1. The number of benzene rings is 1. The molecule has 1 aromatic carbocycles. The molecular weight excluding hydrogens is 233 g/mol. The highest BCUT2D eigenvalue weighted by Crippen LogP contribution is 2.16. The molecule has 0 atom stereocenters. The minimum absolute atomic E-state index is 0.237. The van der Waals surface area contributed by atoms with Crippen molar-refractivity contribution in [3.05, 3.63) is 47.8 Å². The van der Waals surface area contributed by atoms with E-state index in [4.69, 9.17) is 10.5 Å². The van der Waals surface area contributed by atoms with Gasteiger partial charge in [0.15, 0.2) is 11.6 Å². The maximum atomic E-state index is 13.4. The van der Waals surface area contributed by atoms with Gasteiger partial charge in [0, 0.05) is 19.7 Å². The molecule has 2 rings (SSSR count). The molecule has 0 radical (unpaired) electrons. The number of halogens is 1. The van der Waals surface area contributed by atoms with Gasteiger partial charge in [-0.2, -0.15) is 0 Å². The van der Waals surface area contributed by atoms with Crippen molar-refractivity contribution in [3.8, 4) is 5.75 Å². The fourth-order valence-corrected chi connectivity index (χ4v) is 1.68. The minimum Gasteiger partial charge on any atom is -0.483 e. The first-order valence-corrected chi connectivity index (χ1v) is 5.79. The van der Waals surface area contributed by atoms with E-state index < -0.39 is 0 Å². The number of nitrogens with two attached hydrogens (primary N) is 1. The van der Waals surface area contributed by atoms with Gasteiger partial charge in [0.05, 0.1) is 5.69 Å². The first-order chi connectivity index (χ1) is 8.70. The molecule has 0 aliphatic heterocycles. The van der Waals surface area contributed by atoms with Gasteiger partial charge in [-0.15, -0.1) is 0 Å². The summed E-state index contributed by atoms with van der Waals surface area (Å²) in [6.45, 7) is 0.798. The lowest BCUT2D eigenvalue weighted by Crippen LogP contribution is -2.04. The molecule has 0 aliphatic carbocycles. The smallest absolute Gasteiger partial charge is 0.165 e. The third-order valence-corrected chi connectivity index (χ3v) is 2.62. The Balaban J connectivity index is 2.04. The highest BCUT2D eigenvalue weighted by atomic mass is 19.1. The van der Waals surface area contributed by atoms with Gasteiger partial charge in [-0.1, -0.05) is 12.1 Å². The van der Waals surface area contributed by atoms with Crippen LogP contribution in [-0.4, -0.2) is 16.1 Å². The van der Waals surface area contributed by atoms with Gasteiger partial charge >= 0.3 is 0 Å². The lowest BCUT2D eigenvalue weighted by atomic mass is 10.3. The van der Waals surface area contributed by atoms with E-state index in [9.17, 15) is 4.39 Å². The molecule has 18 heavy (non-hydrogen) atoms. The molecular formula is C13H16FN3O. The van der Waals surface area contributed by atoms with Crippen molar-refractivity contribution in [2.24, 2.45) is 12.8 Å². The van der Waals surface area contributed by atoms with Crippen LogP contribution in [0.2, 0.25) is 0 Å². The van der Waals surface area contributed by atoms with E-state index in [2.05, 4.69) is 4.98 Å². The summed E-state index contributed by atoms with van der Waals surface area (Å²) < 4.78 is 20.6. The lowest BCUT2D eigenvalue weighted by Gasteiger charge is -2.06. The summed E-state index contributed by atoms with van der Waals surface area (Å²) in [5.74, 6) is 0.622. The molecule has 1 heterocycles. The summed E-state index contributed by atoms with van der Waals surface area (Å²) in [4.78, 5) is 4.38. The number of nitrogens with zero attached hydrogens (tertiary/aromatic N) is 2. The van der Waals surface area contributed by atoms with E-state index in [1.54, 1.807) is 18.2 Å². The van der Waals surface area contributed by atoms with E-state index >= 15 is 0 Å². The van der Waals surface area contributed by atoms with Crippen LogP contribution in [0, 0.1) is 5.82 Å². The minimum atomic E-state index is -0.367. The summed E-state index contributed by atoms with van der Waals surface area (Å²) in [6.07, 6.45) is 2.64. The van der Waals surface area contributed by atoms with E-state index in [0.29, 0.717) is 6.54 Å².